The molecule has 3 N–H and O–H groups in total. The third-order valence-electron chi connectivity index (χ3n) is 8.83. The highest BCUT2D eigenvalue weighted by atomic mass is 16.5. The number of benzene rings is 2. The number of morpholine rings is 1. The van der Waals surface area contributed by atoms with Crippen LogP contribution in [0.1, 0.15) is 46.7 Å². The van der Waals surface area contributed by atoms with E-state index in [0.29, 0.717) is 54.6 Å². The number of hydrogen-bond donors (Lipinski definition) is 2. The molecule has 5 aromatic rings. The standard InChI is InChI=1S/C35H35N9O4/c1-21-3-4-26-15-25(9-10-30(26)44(21)22(2)45)23-5-7-24(8-6-23)31(46)18-37-34(47)29-20-43-19-28(27-16-38-35(36)39-17-27)40-32(33(43)41-29)42-11-13-48-14-12-42/h5-10,15-17,19-21H,3-4,11-14,18H2,1-2H3,(H,37,47)(H2,36,38,39). The van der Waals surface area contributed by atoms with E-state index in [0.717, 1.165) is 35.2 Å². The third kappa shape index (κ3) is 6.07. The van der Waals surface area contributed by atoms with Crippen LogP contribution in [0.2, 0.25) is 0 Å². The van der Waals surface area contributed by atoms with E-state index >= 15 is 0 Å². The van der Waals surface area contributed by atoms with Crippen molar-refractivity contribution < 1.29 is 19.1 Å². The fourth-order valence-corrected chi connectivity index (χ4v) is 6.30. The van der Waals surface area contributed by atoms with E-state index in [9.17, 15) is 14.4 Å². The summed E-state index contributed by atoms with van der Waals surface area (Å²) >= 11 is 0. The molecule has 2 aromatic carbocycles. The molecule has 48 heavy (non-hydrogen) atoms. The van der Waals surface area contributed by atoms with Gasteiger partial charge in [0, 0.05) is 67.7 Å². The summed E-state index contributed by atoms with van der Waals surface area (Å²) in [6.45, 7) is 5.82. The maximum Gasteiger partial charge on any atom is 0.271 e. The minimum atomic E-state index is -0.475. The Morgan fingerprint density at radius 1 is 0.958 bits per heavy atom. The van der Waals surface area contributed by atoms with E-state index < -0.39 is 5.91 Å². The average Bonchev–Trinajstić information content (AvgIpc) is 3.55. The number of anilines is 3. The molecule has 5 heterocycles. The van der Waals surface area contributed by atoms with Gasteiger partial charge < -0.3 is 30.0 Å². The van der Waals surface area contributed by atoms with Crippen molar-refractivity contribution in [2.75, 3.05) is 48.4 Å². The predicted octanol–water partition coefficient (Wildman–Crippen LogP) is 3.57. The molecule has 7 rings (SSSR count). The maximum absolute atomic E-state index is 13.2. The summed E-state index contributed by atoms with van der Waals surface area (Å²) in [5.41, 5.74) is 12.2. The van der Waals surface area contributed by atoms with Gasteiger partial charge in [-0.25, -0.2) is 19.9 Å². The van der Waals surface area contributed by atoms with Crippen LogP contribution >= 0.6 is 0 Å². The van der Waals surface area contributed by atoms with Crippen LogP contribution in [-0.4, -0.2) is 80.8 Å². The summed E-state index contributed by atoms with van der Waals surface area (Å²) in [5.74, 6) is 0.106. The Bertz CT molecular complexity index is 2020. The Kier molecular flexibility index (Phi) is 8.27. The number of nitrogens with zero attached hydrogens (tertiary/aromatic N) is 7. The summed E-state index contributed by atoms with van der Waals surface area (Å²) in [7, 11) is 0. The van der Waals surface area contributed by atoms with Crippen molar-refractivity contribution in [3.8, 4) is 22.4 Å². The molecule has 2 aliphatic heterocycles. The Balaban J connectivity index is 1.06. The molecule has 0 radical (unpaired) electrons. The fourth-order valence-electron chi connectivity index (χ4n) is 6.30. The van der Waals surface area contributed by atoms with E-state index in [1.54, 1.807) is 48.2 Å². The lowest BCUT2D eigenvalue weighted by atomic mass is 9.92. The number of carbonyl (C=O) groups excluding carboxylic acids is 3. The van der Waals surface area contributed by atoms with E-state index in [1.807, 2.05) is 29.2 Å². The van der Waals surface area contributed by atoms with Crippen molar-refractivity contribution >= 4 is 40.7 Å². The van der Waals surface area contributed by atoms with Crippen molar-refractivity contribution in [2.45, 2.75) is 32.7 Å². The molecule has 3 aromatic heterocycles. The van der Waals surface area contributed by atoms with Gasteiger partial charge in [0.2, 0.25) is 11.9 Å². The molecule has 13 nitrogen and oxygen atoms in total. The fraction of sp³-hybridized carbons (Fsp3) is 0.286. The topological polar surface area (TPSA) is 161 Å². The zero-order valence-electron chi connectivity index (χ0n) is 26.7. The zero-order chi connectivity index (χ0) is 33.4. The molecule has 0 aliphatic carbocycles. The lowest BCUT2D eigenvalue weighted by Crippen LogP contribution is -2.40. The van der Waals surface area contributed by atoms with Crippen LogP contribution < -0.4 is 20.9 Å². The Morgan fingerprint density at radius 2 is 1.69 bits per heavy atom. The number of aromatic nitrogens is 5. The summed E-state index contributed by atoms with van der Waals surface area (Å²) in [6.07, 6.45) is 8.38. The normalized spacial score (nSPS) is 16.1. The number of amides is 2. The van der Waals surface area contributed by atoms with Crippen LogP contribution in [0, 0.1) is 0 Å². The summed E-state index contributed by atoms with van der Waals surface area (Å²) in [5, 5.41) is 2.72. The molecule has 1 fully saturated rings. The van der Waals surface area contributed by atoms with Gasteiger partial charge in [-0.3, -0.25) is 14.4 Å². The summed E-state index contributed by atoms with van der Waals surface area (Å²) < 4.78 is 7.27. The highest BCUT2D eigenvalue weighted by Gasteiger charge is 2.26. The van der Waals surface area contributed by atoms with E-state index in [4.69, 9.17) is 15.5 Å². The van der Waals surface area contributed by atoms with Gasteiger partial charge in [-0.15, -0.1) is 0 Å². The van der Waals surface area contributed by atoms with E-state index in [-0.39, 0.29) is 35.9 Å². The smallest absolute Gasteiger partial charge is 0.271 e. The lowest BCUT2D eigenvalue weighted by Gasteiger charge is -2.34. The first-order valence-corrected chi connectivity index (χ1v) is 15.9. The highest BCUT2D eigenvalue weighted by Crippen LogP contribution is 2.34. The largest absolute Gasteiger partial charge is 0.378 e. The summed E-state index contributed by atoms with van der Waals surface area (Å²) in [4.78, 5) is 60.1. The number of ether oxygens (including phenoxy) is 1. The molecule has 2 aliphatic rings. The number of ketones is 1. The quantitative estimate of drug-likeness (QED) is 0.250. The number of carbonyl (C=O) groups is 3. The first-order valence-electron chi connectivity index (χ1n) is 15.9. The third-order valence-corrected chi connectivity index (χ3v) is 8.83. The van der Waals surface area contributed by atoms with Crippen LogP contribution in [0.15, 0.2) is 67.3 Å². The van der Waals surface area contributed by atoms with Crippen LogP contribution in [0.4, 0.5) is 17.5 Å². The van der Waals surface area contributed by atoms with Gasteiger partial charge in [0.1, 0.15) is 5.69 Å². The average molecular weight is 646 g/mol. The first kappa shape index (κ1) is 30.9. The van der Waals surface area contributed by atoms with Gasteiger partial charge in [-0.05, 0) is 48.6 Å². The molecule has 0 bridgehead atoms. The van der Waals surface area contributed by atoms with Gasteiger partial charge in [-0.2, -0.15) is 0 Å². The Hall–Kier alpha value is -5.69. The number of fused-ring (bicyclic) bond motifs is 2. The van der Waals surface area contributed by atoms with Crippen molar-refractivity contribution in [3.05, 3.63) is 84.1 Å². The molecule has 0 spiro atoms. The second-order valence-electron chi connectivity index (χ2n) is 12.0. The second-order valence-corrected chi connectivity index (χ2v) is 12.0. The number of imidazole rings is 1. The molecule has 2 amide bonds. The van der Waals surface area contributed by atoms with Crippen LogP contribution in [-0.2, 0) is 16.0 Å². The minimum absolute atomic E-state index is 0.0427. The summed E-state index contributed by atoms with van der Waals surface area (Å²) in [6, 6.07) is 13.6. The molecule has 1 atom stereocenters. The molecule has 0 saturated carbocycles. The second kappa shape index (κ2) is 12.8. The monoisotopic (exact) mass is 645 g/mol. The molecule has 13 heteroatoms. The lowest BCUT2D eigenvalue weighted by molar-refractivity contribution is -0.117. The van der Waals surface area contributed by atoms with Crippen LogP contribution in [0.5, 0.6) is 0 Å². The van der Waals surface area contributed by atoms with Gasteiger partial charge in [0.05, 0.1) is 25.5 Å². The molecule has 1 unspecified atom stereocenters. The van der Waals surface area contributed by atoms with Crippen molar-refractivity contribution in [1.82, 2.24) is 29.7 Å². The SMILES string of the molecule is CC(=O)N1c2ccc(-c3ccc(C(=O)CNC(=O)c4cn5cc(-c6cnc(N)nc6)nc(N6CCOCC6)c5n4)cc3)cc2CCC1C. The van der Waals surface area contributed by atoms with Crippen LogP contribution in [0.3, 0.4) is 0 Å². The van der Waals surface area contributed by atoms with Crippen molar-refractivity contribution in [1.29, 1.82) is 0 Å². The number of Topliss-reactive ketones (excluding diaryl/α,β-unsaturated/α-hetero) is 1. The number of nitrogens with two attached hydrogens (primary N) is 1. The van der Waals surface area contributed by atoms with Crippen molar-refractivity contribution in [3.63, 3.8) is 0 Å². The van der Waals surface area contributed by atoms with Crippen molar-refractivity contribution in [2.24, 2.45) is 0 Å². The maximum atomic E-state index is 13.2. The number of hydrogen-bond acceptors (Lipinski definition) is 10. The van der Waals surface area contributed by atoms with Gasteiger partial charge >= 0.3 is 0 Å². The highest BCUT2D eigenvalue weighted by molar-refractivity contribution is 6.02. The van der Waals surface area contributed by atoms with E-state index in [1.165, 1.54) is 0 Å². The Morgan fingerprint density at radius 3 is 2.42 bits per heavy atom. The number of rotatable bonds is 7. The van der Waals surface area contributed by atoms with Crippen LogP contribution in [0.25, 0.3) is 28.0 Å². The first-order chi connectivity index (χ1) is 23.2. The molecule has 1 saturated heterocycles. The number of aryl methyl sites for hydroxylation is 1. The zero-order valence-corrected chi connectivity index (χ0v) is 26.7. The Labute approximate surface area is 276 Å². The molecular weight excluding hydrogens is 610 g/mol. The molecule has 244 valence electrons. The van der Waals surface area contributed by atoms with E-state index in [2.05, 4.69) is 38.2 Å². The predicted molar refractivity (Wildman–Crippen MR) is 181 cm³/mol. The number of nitrogen functional groups attached to an aromatic ring is 1. The minimum Gasteiger partial charge on any atom is -0.378 e. The van der Waals surface area contributed by atoms with Gasteiger partial charge in [0.15, 0.2) is 17.2 Å². The molecular formula is C35H35N9O4. The van der Waals surface area contributed by atoms with Gasteiger partial charge in [0.25, 0.3) is 5.91 Å². The number of nitrogens with one attached hydrogen (secondary N) is 1. The van der Waals surface area contributed by atoms with Gasteiger partial charge in [-0.1, -0.05) is 30.3 Å².